The van der Waals surface area contributed by atoms with Gasteiger partial charge in [0.15, 0.2) is 0 Å². The van der Waals surface area contributed by atoms with E-state index in [1.54, 1.807) is 12.1 Å². The molecule has 90 valence electrons. The minimum absolute atomic E-state index is 0.472. The van der Waals surface area contributed by atoms with E-state index in [1.165, 1.54) is 0 Å². The van der Waals surface area contributed by atoms with Gasteiger partial charge in [0.2, 0.25) is 0 Å². The number of nitrogens with zero attached hydrogens (tertiary/aromatic N) is 3. The Morgan fingerprint density at radius 1 is 1.12 bits per heavy atom. The van der Waals surface area contributed by atoms with Crippen LogP contribution < -0.4 is 16.4 Å². The lowest BCUT2D eigenvalue weighted by atomic mass is 10.1. The molecule has 0 aromatic heterocycles. The molecule has 2 rings (SSSR count). The van der Waals surface area contributed by atoms with Gasteiger partial charge in [0.05, 0.1) is 22.6 Å². The van der Waals surface area contributed by atoms with Crippen LogP contribution >= 0.6 is 0 Å². The van der Waals surface area contributed by atoms with E-state index in [9.17, 15) is 0 Å². The lowest BCUT2D eigenvalue weighted by Gasteiger charge is -2.34. The summed E-state index contributed by atoms with van der Waals surface area (Å²) in [5.41, 5.74) is 14.0. The fourth-order valence-electron chi connectivity index (χ4n) is 2.02. The summed E-state index contributed by atoms with van der Waals surface area (Å²) in [5, 5.41) is 9.13. The maximum absolute atomic E-state index is 9.13. The Bertz CT molecular complexity index is 455. The van der Waals surface area contributed by atoms with Crippen LogP contribution in [0.3, 0.4) is 0 Å². The molecule has 1 aromatic rings. The van der Waals surface area contributed by atoms with Crippen molar-refractivity contribution in [3.8, 4) is 6.07 Å². The predicted molar refractivity (Wildman–Crippen MR) is 69.7 cm³/mol. The molecule has 0 atom stereocenters. The van der Waals surface area contributed by atoms with Gasteiger partial charge in [-0.3, -0.25) is 0 Å². The third kappa shape index (κ3) is 2.27. The van der Waals surface area contributed by atoms with Gasteiger partial charge in [0.1, 0.15) is 6.07 Å². The highest BCUT2D eigenvalue weighted by molar-refractivity contribution is 5.75. The lowest BCUT2D eigenvalue weighted by Crippen LogP contribution is -2.44. The number of nitrogens with two attached hydrogens (primary N) is 2. The Morgan fingerprint density at radius 2 is 1.71 bits per heavy atom. The Kier molecular flexibility index (Phi) is 3.07. The smallest absolute Gasteiger partial charge is 0.101 e. The number of hydrogen-bond donors (Lipinski definition) is 2. The monoisotopic (exact) mass is 231 g/mol. The van der Waals surface area contributed by atoms with Crippen LogP contribution in [-0.4, -0.2) is 38.1 Å². The first-order chi connectivity index (χ1) is 8.11. The molecule has 17 heavy (non-hydrogen) atoms. The minimum atomic E-state index is 0.472. The first kappa shape index (κ1) is 11.6. The molecule has 1 aromatic carbocycles. The van der Waals surface area contributed by atoms with Crippen molar-refractivity contribution in [3.05, 3.63) is 17.7 Å². The van der Waals surface area contributed by atoms with E-state index in [-0.39, 0.29) is 0 Å². The fraction of sp³-hybridized carbons (Fsp3) is 0.417. The summed E-state index contributed by atoms with van der Waals surface area (Å²) in [6.45, 7) is 3.81. The summed E-state index contributed by atoms with van der Waals surface area (Å²) in [7, 11) is 2.10. The quantitative estimate of drug-likeness (QED) is 0.687. The van der Waals surface area contributed by atoms with E-state index in [0.29, 0.717) is 16.9 Å². The number of likely N-dealkylation sites (N-methyl/N-ethyl adjacent to an activating group) is 1. The average Bonchev–Trinajstić information content (AvgIpc) is 2.33. The Labute approximate surface area is 101 Å². The zero-order valence-electron chi connectivity index (χ0n) is 9.98. The second-order valence-corrected chi connectivity index (χ2v) is 4.40. The van der Waals surface area contributed by atoms with Gasteiger partial charge < -0.3 is 21.3 Å². The zero-order valence-corrected chi connectivity index (χ0v) is 9.98. The molecule has 4 N–H and O–H groups in total. The standard InChI is InChI=1S/C12H17N5/c1-16-2-4-17(5-3-16)12-7-11(15)10(14)6-9(12)8-13/h6-7H,2-5,14-15H2,1H3. The summed E-state index contributed by atoms with van der Waals surface area (Å²) >= 11 is 0. The number of nitrogen functional groups attached to an aromatic ring is 2. The van der Waals surface area contributed by atoms with Crippen LogP contribution in [-0.2, 0) is 0 Å². The van der Waals surface area contributed by atoms with Gasteiger partial charge in [-0.2, -0.15) is 5.26 Å². The number of anilines is 3. The third-order valence-electron chi connectivity index (χ3n) is 3.17. The van der Waals surface area contributed by atoms with Crippen molar-refractivity contribution >= 4 is 17.1 Å². The van der Waals surface area contributed by atoms with Crippen LogP contribution in [0.2, 0.25) is 0 Å². The lowest BCUT2D eigenvalue weighted by molar-refractivity contribution is 0.313. The summed E-state index contributed by atoms with van der Waals surface area (Å²) in [6.07, 6.45) is 0. The summed E-state index contributed by atoms with van der Waals surface area (Å²) in [6, 6.07) is 5.64. The van der Waals surface area contributed by atoms with Crippen LogP contribution in [0.1, 0.15) is 5.56 Å². The molecule has 1 fully saturated rings. The molecule has 0 radical (unpaired) electrons. The molecule has 5 nitrogen and oxygen atoms in total. The molecule has 1 saturated heterocycles. The first-order valence-corrected chi connectivity index (χ1v) is 5.64. The van der Waals surface area contributed by atoms with Gasteiger partial charge in [-0.1, -0.05) is 0 Å². The van der Waals surface area contributed by atoms with Gasteiger partial charge in [0, 0.05) is 26.2 Å². The molecule has 0 unspecified atom stereocenters. The molecule has 1 aliphatic heterocycles. The minimum Gasteiger partial charge on any atom is -0.397 e. The molecule has 0 aliphatic carbocycles. The highest BCUT2D eigenvalue weighted by Gasteiger charge is 2.18. The van der Waals surface area contributed by atoms with Crippen molar-refractivity contribution in [2.75, 3.05) is 49.6 Å². The Morgan fingerprint density at radius 3 is 2.29 bits per heavy atom. The van der Waals surface area contributed by atoms with Crippen LogP contribution in [0.25, 0.3) is 0 Å². The van der Waals surface area contributed by atoms with E-state index in [0.717, 1.165) is 31.9 Å². The van der Waals surface area contributed by atoms with Crippen molar-refractivity contribution in [3.63, 3.8) is 0 Å². The second-order valence-electron chi connectivity index (χ2n) is 4.40. The van der Waals surface area contributed by atoms with Crippen molar-refractivity contribution in [2.24, 2.45) is 0 Å². The molecule has 1 aliphatic rings. The van der Waals surface area contributed by atoms with Gasteiger partial charge in [-0.15, -0.1) is 0 Å². The number of benzene rings is 1. The predicted octanol–water partition coefficient (Wildman–Crippen LogP) is 0.474. The topological polar surface area (TPSA) is 82.3 Å². The van der Waals surface area contributed by atoms with Gasteiger partial charge in [0.25, 0.3) is 0 Å². The number of nitriles is 1. The third-order valence-corrected chi connectivity index (χ3v) is 3.17. The van der Waals surface area contributed by atoms with Crippen LogP contribution in [0.5, 0.6) is 0 Å². The Hall–Kier alpha value is -1.93. The normalized spacial score (nSPS) is 16.8. The van der Waals surface area contributed by atoms with Crippen LogP contribution in [0.4, 0.5) is 17.1 Å². The van der Waals surface area contributed by atoms with Crippen molar-refractivity contribution in [2.45, 2.75) is 0 Å². The molecule has 0 amide bonds. The maximum atomic E-state index is 9.13. The highest BCUT2D eigenvalue weighted by atomic mass is 15.2. The first-order valence-electron chi connectivity index (χ1n) is 5.64. The Balaban J connectivity index is 2.32. The fourth-order valence-corrected chi connectivity index (χ4v) is 2.02. The van der Waals surface area contributed by atoms with Gasteiger partial charge in [-0.05, 0) is 19.2 Å². The SMILES string of the molecule is CN1CCN(c2cc(N)c(N)cc2C#N)CC1. The molecular formula is C12H17N5. The maximum Gasteiger partial charge on any atom is 0.101 e. The van der Waals surface area contributed by atoms with Crippen LogP contribution in [0, 0.1) is 11.3 Å². The summed E-state index contributed by atoms with van der Waals surface area (Å²) in [4.78, 5) is 4.46. The second kappa shape index (κ2) is 4.52. The molecule has 0 saturated carbocycles. The average molecular weight is 231 g/mol. The van der Waals surface area contributed by atoms with Crippen LogP contribution in [0.15, 0.2) is 12.1 Å². The van der Waals surface area contributed by atoms with E-state index < -0.39 is 0 Å². The number of rotatable bonds is 1. The molecule has 0 spiro atoms. The zero-order chi connectivity index (χ0) is 12.4. The number of hydrogen-bond acceptors (Lipinski definition) is 5. The molecule has 0 bridgehead atoms. The molecule has 1 heterocycles. The molecule has 5 heteroatoms. The van der Waals surface area contributed by atoms with Gasteiger partial charge in [-0.25, -0.2) is 0 Å². The number of piperazine rings is 1. The largest absolute Gasteiger partial charge is 0.397 e. The van der Waals surface area contributed by atoms with Crippen molar-refractivity contribution < 1.29 is 0 Å². The van der Waals surface area contributed by atoms with Crippen molar-refractivity contribution in [1.82, 2.24) is 4.90 Å². The van der Waals surface area contributed by atoms with Gasteiger partial charge >= 0.3 is 0 Å². The summed E-state index contributed by atoms with van der Waals surface area (Å²) in [5.74, 6) is 0. The van der Waals surface area contributed by atoms with E-state index in [2.05, 4.69) is 22.9 Å². The van der Waals surface area contributed by atoms with E-state index in [1.807, 2.05) is 0 Å². The van der Waals surface area contributed by atoms with Crippen molar-refractivity contribution in [1.29, 1.82) is 5.26 Å². The highest BCUT2D eigenvalue weighted by Crippen LogP contribution is 2.28. The molecular weight excluding hydrogens is 214 g/mol. The van der Waals surface area contributed by atoms with E-state index in [4.69, 9.17) is 16.7 Å². The van der Waals surface area contributed by atoms with E-state index >= 15 is 0 Å². The summed E-state index contributed by atoms with van der Waals surface area (Å²) < 4.78 is 0.